The summed E-state index contributed by atoms with van der Waals surface area (Å²) in [4.78, 5) is 1.12. The second-order valence-corrected chi connectivity index (χ2v) is 8.05. The zero-order valence-electron chi connectivity index (χ0n) is 9.51. The Morgan fingerprint density at radius 3 is 2.81 bits per heavy atom. The topological polar surface area (TPSA) is 46.2 Å². The van der Waals surface area contributed by atoms with Gasteiger partial charge in [0.05, 0.1) is 16.5 Å². The van der Waals surface area contributed by atoms with Crippen LogP contribution in [0, 0.1) is 0 Å². The molecule has 1 aromatic rings. The van der Waals surface area contributed by atoms with Crippen LogP contribution in [0.2, 0.25) is 0 Å². The van der Waals surface area contributed by atoms with Gasteiger partial charge in [0, 0.05) is 4.88 Å². The third kappa shape index (κ3) is 2.04. The van der Waals surface area contributed by atoms with Crippen LogP contribution in [0.25, 0.3) is 0 Å². The molecule has 3 atom stereocenters. The van der Waals surface area contributed by atoms with Gasteiger partial charge < -0.3 is 5.32 Å². The summed E-state index contributed by atoms with van der Waals surface area (Å²) in [6.45, 7) is 4.39. The molecule has 0 aromatic carbocycles. The maximum absolute atomic E-state index is 12.2. The SMILES string of the molecule is CC1CCNC(c2cccs2)C(C)S1(=O)=O. The summed E-state index contributed by atoms with van der Waals surface area (Å²) >= 11 is 1.62. The first kappa shape index (κ1) is 12.1. The van der Waals surface area contributed by atoms with Gasteiger partial charge in [0.2, 0.25) is 0 Å². The van der Waals surface area contributed by atoms with E-state index in [2.05, 4.69) is 5.32 Å². The van der Waals surface area contributed by atoms with Crippen LogP contribution in [0.5, 0.6) is 0 Å². The number of rotatable bonds is 1. The lowest BCUT2D eigenvalue weighted by molar-refractivity contribution is 0.526. The Labute approximate surface area is 101 Å². The minimum Gasteiger partial charge on any atom is -0.308 e. The van der Waals surface area contributed by atoms with E-state index in [0.717, 1.165) is 11.4 Å². The molecule has 0 aliphatic carbocycles. The molecule has 2 heterocycles. The molecule has 0 saturated carbocycles. The third-order valence-electron chi connectivity index (χ3n) is 3.31. The Balaban J connectivity index is 2.35. The van der Waals surface area contributed by atoms with Crippen molar-refractivity contribution in [1.29, 1.82) is 0 Å². The van der Waals surface area contributed by atoms with Gasteiger partial charge in [-0.1, -0.05) is 6.07 Å². The van der Waals surface area contributed by atoms with E-state index in [-0.39, 0.29) is 16.5 Å². The van der Waals surface area contributed by atoms with Gasteiger partial charge in [-0.05, 0) is 38.3 Å². The predicted octanol–water partition coefficient (Wildman–Crippen LogP) is 1.97. The quantitative estimate of drug-likeness (QED) is 0.839. The first-order chi connectivity index (χ1) is 7.53. The van der Waals surface area contributed by atoms with Crippen LogP contribution in [0.15, 0.2) is 17.5 Å². The molecule has 0 amide bonds. The van der Waals surface area contributed by atoms with Crippen molar-refractivity contribution in [3.05, 3.63) is 22.4 Å². The van der Waals surface area contributed by atoms with Crippen molar-refractivity contribution in [3.63, 3.8) is 0 Å². The number of sulfone groups is 1. The van der Waals surface area contributed by atoms with Crippen molar-refractivity contribution in [1.82, 2.24) is 5.32 Å². The average molecular weight is 259 g/mol. The molecule has 3 nitrogen and oxygen atoms in total. The molecule has 1 aromatic heterocycles. The fourth-order valence-electron chi connectivity index (χ4n) is 2.13. The van der Waals surface area contributed by atoms with Gasteiger partial charge >= 0.3 is 0 Å². The van der Waals surface area contributed by atoms with E-state index in [9.17, 15) is 8.42 Å². The van der Waals surface area contributed by atoms with Crippen LogP contribution in [-0.4, -0.2) is 25.5 Å². The third-order valence-corrected chi connectivity index (χ3v) is 6.93. The Kier molecular flexibility index (Phi) is 3.37. The summed E-state index contributed by atoms with van der Waals surface area (Å²) in [5.41, 5.74) is 0. The van der Waals surface area contributed by atoms with Crippen molar-refractivity contribution >= 4 is 21.2 Å². The summed E-state index contributed by atoms with van der Waals surface area (Å²) in [6.07, 6.45) is 0.703. The smallest absolute Gasteiger partial charge is 0.157 e. The average Bonchev–Trinajstić information content (AvgIpc) is 2.73. The first-order valence-electron chi connectivity index (χ1n) is 5.53. The standard InChI is InChI=1S/C11H17NO2S2/c1-8-5-6-12-11(9(2)16(8,13)14)10-4-3-7-15-10/h3-4,7-9,11-12H,5-6H2,1-2H3. The van der Waals surface area contributed by atoms with Crippen LogP contribution in [0.3, 0.4) is 0 Å². The predicted molar refractivity (Wildman–Crippen MR) is 67.5 cm³/mol. The van der Waals surface area contributed by atoms with Crippen molar-refractivity contribution in [2.45, 2.75) is 36.8 Å². The van der Waals surface area contributed by atoms with Crippen LogP contribution < -0.4 is 5.32 Å². The molecule has 5 heteroatoms. The zero-order chi connectivity index (χ0) is 11.8. The van der Waals surface area contributed by atoms with Crippen molar-refractivity contribution < 1.29 is 8.42 Å². The normalized spacial score (nSPS) is 34.5. The van der Waals surface area contributed by atoms with E-state index in [1.807, 2.05) is 31.4 Å². The molecule has 0 radical (unpaired) electrons. The molecule has 16 heavy (non-hydrogen) atoms. The van der Waals surface area contributed by atoms with E-state index in [0.29, 0.717) is 6.42 Å². The van der Waals surface area contributed by atoms with Gasteiger partial charge in [0.15, 0.2) is 9.84 Å². The minimum atomic E-state index is -3.01. The van der Waals surface area contributed by atoms with E-state index in [1.54, 1.807) is 11.3 Å². The highest BCUT2D eigenvalue weighted by Crippen LogP contribution is 2.30. The van der Waals surface area contributed by atoms with Crippen LogP contribution in [-0.2, 0) is 9.84 Å². The van der Waals surface area contributed by atoms with E-state index in [1.165, 1.54) is 0 Å². The molecule has 1 fully saturated rings. The summed E-state index contributed by atoms with van der Waals surface area (Å²) in [7, 11) is -3.01. The summed E-state index contributed by atoms with van der Waals surface area (Å²) in [6, 6.07) is 3.93. The van der Waals surface area contributed by atoms with Crippen LogP contribution in [0.1, 0.15) is 31.2 Å². The molecule has 90 valence electrons. The van der Waals surface area contributed by atoms with Gasteiger partial charge in [-0.25, -0.2) is 8.42 Å². The maximum atomic E-state index is 12.2. The molecule has 0 bridgehead atoms. The second kappa shape index (κ2) is 4.47. The van der Waals surface area contributed by atoms with Crippen molar-refractivity contribution in [2.24, 2.45) is 0 Å². The molecule has 1 saturated heterocycles. The van der Waals surface area contributed by atoms with Gasteiger partial charge in [-0.3, -0.25) is 0 Å². The van der Waals surface area contributed by atoms with Gasteiger partial charge in [0.25, 0.3) is 0 Å². The molecule has 1 N–H and O–H groups in total. The maximum Gasteiger partial charge on any atom is 0.157 e. The fourth-order valence-corrected chi connectivity index (χ4v) is 4.92. The van der Waals surface area contributed by atoms with Gasteiger partial charge in [-0.2, -0.15) is 0 Å². The minimum absolute atomic E-state index is 0.0463. The summed E-state index contributed by atoms with van der Waals surface area (Å²) in [5.74, 6) is 0. The lowest BCUT2D eigenvalue weighted by Crippen LogP contribution is -2.34. The highest BCUT2D eigenvalue weighted by Gasteiger charge is 2.37. The van der Waals surface area contributed by atoms with Gasteiger partial charge in [0.1, 0.15) is 0 Å². The first-order valence-corrected chi connectivity index (χ1v) is 8.02. The van der Waals surface area contributed by atoms with Crippen LogP contribution >= 0.6 is 11.3 Å². The Morgan fingerprint density at radius 2 is 2.19 bits per heavy atom. The fraction of sp³-hybridized carbons (Fsp3) is 0.636. The van der Waals surface area contributed by atoms with E-state index >= 15 is 0 Å². The van der Waals surface area contributed by atoms with Crippen molar-refractivity contribution in [2.75, 3.05) is 6.54 Å². The molecule has 1 aliphatic heterocycles. The largest absolute Gasteiger partial charge is 0.308 e. The van der Waals surface area contributed by atoms with Crippen molar-refractivity contribution in [3.8, 4) is 0 Å². The molecule has 2 rings (SSSR count). The highest BCUT2D eigenvalue weighted by molar-refractivity contribution is 7.92. The van der Waals surface area contributed by atoms with Gasteiger partial charge in [-0.15, -0.1) is 11.3 Å². The monoisotopic (exact) mass is 259 g/mol. The van der Waals surface area contributed by atoms with Crippen LogP contribution in [0.4, 0.5) is 0 Å². The lowest BCUT2D eigenvalue weighted by Gasteiger charge is -2.22. The number of hydrogen-bond acceptors (Lipinski definition) is 4. The Hall–Kier alpha value is -0.390. The molecule has 0 spiro atoms. The second-order valence-electron chi connectivity index (χ2n) is 4.34. The lowest BCUT2D eigenvalue weighted by atomic mass is 10.2. The molecular formula is C11H17NO2S2. The Bertz CT molecular complexity index is 439. The molecular weight excluding hydrogens is 242 g/mol. The molecule has 1 aliphatic rings. The highest BCUT2D eigenvalue weighted by atomic mass is 32.2. The summed E-state index contributed by atoms with van der Waals surface area (Å²) in [5, 5.41) is 4.76. The number of thiophene rings is 1. The number of hydrogen-bond donors (Lipinski definition) is 1. The number of nitrogens with one attached hydrogen (secondary N) is 1. The summed E-state index contributed by atoms with van der Waals surface area (Å²) < 4.78 is 24.4. The van der Waals surface area contributed by atoms with E-state index in [4.69, 9.17) is 0 Å². The van der Waals surface area contributed by atoms with E-state index < -0.39 is 9.84 Å². The molecule has 3 unspecified atom stereocenters. The zero-order valence-corrected chi connectivity index (χ0v) is 11.1. The Morgan fingerprint density at radius 1 is 1.44 bits per heavy atom.